The first-order valence-electron chi connectivity index (χ1n) is 5.47. The Morgan fingerprint density at radius 2 is 1.94 bits per heavy atom. The summed E-state index contributed by atoms with van der Waals surface area (Å²) in [5.74, 6) is 4.05. The Labute approximate surface area is 105 Å². The molecule has 0 radical (unpaired) electrons. The topological polar surface area (TPSA) is 46.5 Å². The molecule has 0 heterocycles. The summed E-state index contributed by atoms with van der Waals surface area (Å²) in [5.41, 5.74) is 0.685. The fourth-order valence-electron chi connectivity index (χ4n) is 1.74. The summed E-state index contributed by atoms with van der Waals surface area (Å²) in [6.45, 7) is 0. The van der Waals surface area contributed by atoms with Crippen LogP contribution in [0, 0.1) is 11.8 Å². The molecule has 18 heavy (non-hydrogen) atoms. The smallest absolute Gasteiger partial charge is 0.384 e. The molecule has 90 valence electrons. The normalized spacial score (nSPS) is 11.4. The van der Waals surface area contributed by atoms with Gasteiger partial charge in [-0.15, -0.1) is 0 Å². The molecule has 0 amide bonds. The number of carbonyl (C=O) groups is 1. The predicted octanol–water partition coefficient (Wildman–Crippen LogP) is 2.05. The van der Waals surface area contributed by atoms with E-state index in [1.165, 1.54) is 7.11 Å². The van der Waals surface area contributed by atoms with E-state index in [0.717, 1.165) is 10.8 Å². The third-order valence-electron chi connectivity index (χ3n) is 2.61. The number of methoxy groups -OCH3 is 1. The Morgan fingerprint density at radius 1 is 1.22 bits per heavy atom. The van der Waals surface area contributed by atoms with E-state index < -0.39 is 12.1 Å². The van der Waals surface area contributed by atoms with Crippen LogP contribution in [0.1, 0.15) is 11.7 Å². The summed E-state index contributed by atoms with van der Waals surface area (Å²) in [5, 5.41) is 11.9. The van der Waals surface area contributed by atoms with Crippen molar-refractivity contribution in [2.24, 2.45) is 0 Å². The summed E-state index contributed by atoms with van der Waals surface area (Å²) in [6, 6.07) is 13.3. The Bertz CT molecular complexity index is 629. The maximum absolute atomic E-state index is 10.9. The van der Waals surface area contributed by atoms with Crippen molar-refractivity contribution in [3.05, 3.63) is 48.0 Å². The van der Waals surface area contributed by atoms with Gasteiger partial charge in [0.2, 0.25) is 0 Å². The molecule has 1 N–H and O–H groups in total. The average Bonchev–Trinajstić information content (AvgIpc) is 2.43. The van der Waals surface area contributed by atoms with Gasteiger partial charge in [0, 0.05) is 11.5 Å². The molecular weight excluding hydrogens is 228 g/mol. The Morgan fingerprint density at radius 3 is 2.72 bits per heavy atom. The van der Waals surface area contributed by atoms with E-state index in [9.17, 15) is 9.90 Å². The highest BCUT2D eigenvalue weighted by atomic mass is 16.5. The van der Waals surface area contributed by atoms with Crippen LogP contribution in [0.15, 0.2) is 42.5 Å². The largest absolute Gasteiger partial charge is 0.459 e. The van der Waals surface area contributed by atoms with E-state index >= 15 is 0 Å². The van der Waals surface area contributed by atoms with Gasteiger partial charge in [-0.3, -0.25) is 0 Å². The molecule has 0 aromatic heterocycles. The highest BCUT2D eigenvalue weighted by Gasteiger charge is 2.08. The van der Waals surface area contributed by atoms with Gasteiger partial charge in [0.15, 0.2) is 0 Å². The average molecular weight is 240 g/mol. The molecule has 0 bridgehead atoms. The molecular formula is C15H12O3. The van der Waals surface area contributed by atoms with Crippen molar-refractivity contribution in [3.63, 3.8) is 0 Å². The second-order valence-corrected chi connectivity index (χ2v) is 3.73. The molecule has 0 aliphatic carbocycles. The molecule has 2 aromatic rings. The van der Waals surface area contributed by atoms with Crippen LogP contribution < -0.4 is 0 Å². The molecule has 0 aliphatic rings. The monoisotopic (exact) mass is 240 g/mol. The zero-order chi connectivity index (χ0) is 13.0. The second-order valence-electron chi connectivity index (χ2n) is 3.73. The van der Waals surface area contributed by atoms with Gasteiger partial charge in [0.1, 0.15) is 6.10 Å². The number of hydrogen-bond donors (Lipinski definition) is 1. The van der Waals surface area contributed by atoms with Gasteiger partial charge < -0.3 is 9.84 Å². The van der Waals surface area contributed by atoms with Crippen molar-refractivity contribution >= 4 is 16.7 Å². The highest BCUT2D eigenvalue weighted by molar-refractivity contribution is 5.89. The van der Waals surface area contributed by atoms with E-state index in [2.05, 4.69) is 16.6 Å². The fourth-order valence-corrected chi connectivity index (χ4v) is 1.74. The first-order valence-corrected chi connectivity index (χ1v) is 5.47. The third kappa shape index (κ3) is 2.50. The van der Waals surface area contributed by atoms with Crippen LogP contribution in [0.3, 0.4) is 0 Å². The van der Waals surface area contributed by atoms with Gasteiger partial charge in [-0.25, -0.2) is 4.79 Å². The molecule has 2 aromatic carbocycles. The van der Waals surface area contributed by atoms with Crippen molar-refractivity contribution in [1.29, 1.82) is 0 Å². The molecule has 1 atom stereocenters. The van der Waals surface area contributed by atoms with Gasteiger partial charge >= 0.3 is 5.97 Å². The number of ether oxygens (including phenoxy) is 1. The molecule has 2 rings (SSSR count). The number of esters is 1. The number of hydrogen-bond acceptors (Lipinski definition) is 3. The molecule has 0 aliphatic heterocycles. The van der Waals surface area contributed by atoms with Crippen LogP contribution in [0.4, 0.5) is 0 Å². The lowest BCUT2D eigenvalue weighted by Gasteiger charge is -2.07. The molecule has 0 saturated carbocycles. The van der Waals surface area contributed by atoms with E-state index in [-0.39, 0.29) is 0 Å². The number of fused-ring (bicyclic) bond motifs is 1. The summed E-state index contributed by atoms with van der Waals surface area (Å²) in [6.07, 6.45) is -1.00. The van der Waals surface area contributed by atoms with E-state index in [1.807, 2.05) is 36.4 Å². The van der Waals surface area contributed by atoms with Crippen molar-refractivity contribution in [3.8, 4) is 11.8 Å². The molecule has 0 unspecified atom stereocenters. The summed E-state index contributed by atoms with van der Waals surface area (Å²) in [4.78, 5) is 10.9. The first-order chi connectivity index (χ1) is 8.72. The first kappa shape index (κ1) is 12.2. The maximum atomic E-state index is 10.9. The van der Waals surface area contributed by atoms with Gasteiger partial charge in [0.05, 0.1) is 7.11 Å². The van der Waals surface area contributed by atoms with E-state index in [4.69, 9.17) is 0 Å². The molecule has 3 nitrogen and oxygen atoms in total. The molecule has 0 saturated heterocycles. The van der Waals surface area contributed by atoms with Crippen LogP contribution in [-0.4, -0.2) is 18.2 Å². The molecule has 3 heteroatoms. The van der Waals surface area contributed by atoms with Gasteiger partial charge in [-0.2, -0.15) is 0 Å². The van der Waals surface area contributed by atoms with Crippen LogP contribution in [0.2, 0.25) is 0 Å². The minimum Gasteiger partial charge on any atom is -0.459 e. The lowest BCUT2D eigenvalue weighted by molar-refractivity contribution is -0.133. The van der Waals surface area contributed by atoms with E-state index in [1.54, 1.807) is 6.07 Å². The number of aliphatic hydroxyl groups is 1. The van der Waals surface area contributed by atoms with Gasteiger partial charge in [-0.05, 0) is 10.8 Å². The Kier molecular flexibility index (Phi) is 3.61. The number of benzene rings is 2. The maximum Gasteiger partial charge on any atom is 0.384 e. The quantitative estimate of drug-likeness (QED) is 0.471. The van der Waals surface area contributed by atoms with Gasteiger partial charge in [-0.1, -0.05) is 48.4 Å². The Balaban J connectivity index is 2.41. The van der Waals surface area contributed by atoms with Crippen LogP contribution >= 0.6 is 0 Å². The minimum absolute atomic E-state index is 0.658. The summed E-state index contributed by atoms with van der Waals surface area (Å²) in [7, 11) is 1.25. The zero-order valence-corrected chi connectivity index (χ0v) is 9.88. The Hall–Kier alpha value is -2.31. The highest BCUT2D eigenvalue weighted by Crippen LogP contribution is 2.23. The van der Waals surface area contributed by atoms with Crippen molar-refractivity contribution < 1.29 is 14.6 Å². The fraction of sp³-hybridized carbons (Fsp3) is 0.133. The minimum atomic E-state index is -1.00. The van der Waals surface area contributed by atoms with Gasteiger partial charge in [0.25, 0.3) is 0 Å². The standard InChI is InChI=1S/C15H12O3/c1-18-15(17)10-9-14(16)13-8-4-6-11-5-2-3-7-12(11)13/h2-8,14,16H,1H3/t14-/m1/s1. The zero-order valence-electron chi connectivity index (χ0n) is 9.88. The predicted molar refractivity (Wildman–Crippen MR) is 68.7 cm³/mol. The SMILES string of the molecule is COC(=O)C#C[C@@H](O)c1cccc2ccccc12. The lowest BCUT2D eigenvalue weighted by atomic mass is 10.0. The molecule has 0 spiro atoms. The summed E-state index contributed by atoms with van der Waals surface area (Å²) < 4.78 is 4.40. The van der Waals surface area contributed by atoms with Crippen LogP contribution in [-0.2, 0) is 9.53 Å². The lowest BCUT2D eigenvalue weighted by Crippen LogP contribution is -1.99. The van der Waals surface area contributed by atoms with Crippen LogP contribution in [0.5, 0.6) is 0 Å². The van der Waals surface area contributed by atoms with Crippen molar-refractivity contribution in [2.45, 2.75) is 6.10 Å². The number of carbonyl (C=O) groups excluding carboxylic acids is 1. The van der Waals surface area contributed by atoms with Crippen molar-refractivity contribution in [1.82, 2.24) is 0 Å². The molecule has 0 fully saturated rings. The number of aliphatic hydroxyl groups excluding tert-OH is 1. The van der Waals surface area contributed by atoms with E-state index in [0.29, 0.717) is 5.56 Å². The van der Waals surface area contributed by atoms with Crippen molar-refractivity contribution in [2.75, 3.05) is 7.11 Å². The number of rotatable bonds is 1. The second kappa shape index (κ2) is 5.35. The third-order valence-corrected chi connectivity index (χ3v) is 2.61. The summed E-state index contributed by atoms with van der Waals surface area (Å²) >= 11 is 0. The van der Waals surface area contributed by atoms with Crippen LogP contribution in [0.25, 0.3) is 10.8 Å².